The van der Waals surface area contributed by atoms with Gasteiger partial charge in [-0.25, -0.2) is 9.97 Å². The third-order valence-corrected chi connectivity index (χ3v) is 2.11. The number of carbonyl (C=O) groups excluding carboxylic acids is 1. The SMILES string of the molecule is CC(C)[C@@H](N)C(=O)Nc1cc(Cl)ncn1. The Balaban J connectivity index is 2.66. The number of rotatable bonds is 3. The number of carbonyl (C=O) groups is 1. The predicted octanol–water partition coefficient (Wildman–Crippen LogP) is 1.05. The molecule has 0 unspecified atom stereocenters. The van der Waals surface area contributed by atoms with Crippen molar-refractivity contribution in [2.75, 3.05) is 5.32 Å². The van der Waals surface area contributed by atoms with E-state index < -0.39 is 6.04 Å². The van der Waals surface area contributed by atoms with Gasteiger partial charge in [-0.05, 0) is 5.92 Å². The minimum absolute atomic E-state index is 0.0716. The summed E-state index contributed by atoms with van der Waals surface area (Å²) in [5, 5.41) is 2.84. The lowest BCUT2D eigenvalue weighted by molar-refractivity contribution is -0.118. The van der Waals surface area contributed by atoms with Crippen LogP contribution < -0.4 is 11.1 Å². The Morgan fingerprint density at radius 3 is 2.73 bits per heavy atom. The fourth-order valence-corrected chi connectivity index (χ4v) is 1.06. The lowest BCUT2D eigenvalue weighted by Gasteiger charge is -2.14. The van der Waals surface area contributed by atoms with Gasteiger partial charge in [0.15, 0.2) is 0 Å². The minimum Gasteiger partial charge on any atom is -0.320 e. The molecule has 0 spiro atoms. The summed E-state index contributed by atoms with van der Waals surface area (Å²) in [5.41, 5.74) is 5.66. The van der Waals surface area contributed by atoms with E-state index in [2.05, 4.69) is 15.3 Å². The molecule has 1 amide bonds. The van der Waals surface area contributed by atoms with Crippen LogP contribution in [0.2, 0.25) is 5.15 Å². The van der Waals surface area contributed by atoms with Gasteiger partial charge in [-0.3, -0.25) is 4.79 Å². The van der Waals surface area contributed by atoms with Crippen molar-refractivity contribution in [3.05, 3.63) is 17.5 Å². The second kappa shape index (κ2) is 5.04. The molecular weight excluding hydrogens is 216 g/mol. The zero-order valence-electron chi connectivity index (χ0n) is 8.57. The highest BCUT2D eigenvalue weighted by atomic mass is 35.5. The van der Waals surface area contributed by atoms with E-state index in [0.29, 0.717) is 5.82 Å². The van der Waals surface area contributed by atoms with E-state index in [1.54, 1.807) is 0 Å². The Bertz CT molecular complexity index is 356. The van der Waals surface area contributed by atoms with E-state index >= 15 is 0 Å². The molecule has 15 heavy (non-hydrogen) atoms. The molecule has 3 N–H and O–H groups in total. The molecule has 82 valence electrons. The van der Waals surface area contributed by atoms with Crippen molar-refractivity contribution in [2.45, 2.75) is 19.9 Å². The summed E-state index contributed by atoms with van der Waals surface area (Å²) in [6, 6.07) is 0.908. The van der Waals surface area contributed by atoms with Gasteiger partial charge < -0.3 is 11.1 Å². The Hall–Kier alpha value is -1.20. The zero-order valence-corrected chi connectivity index (χ0v) is 9.32. The molecular formula is C9H13ClN4O. The van der Waals surface area contributed by atoms with Crippen LogP contribution in [0, 0.1) is 5.92 Å². The molecule has 1 rings (SSSR count). The van der Waals surface area contributed by atoms with Crippen molar-refractivity contribution in [1.82, 2.24) is 9.97 Å². The molecule has 1 heterocycles. The lowest BCUT2D eigenvalue weighted by atomic mass is 10.1. The molecule has 0 aliphatic heterocycles. The summed E-state index contributed by atoms with van der Waals surface area (Å²) in [6.45, 7) is 3.74. The Labute approximate surface area is 93.0 Å². The fraction of sp³-hybridized carbons (Fsp3) is 0.444. The smallest absolute Gasteiger partial charge is 0.242 e. The van der Waals surface area contributed by atoms with Crippen molar-refractivity contribution >= 4 is 23.3 Å². The molecule has 0 saturated heterocycles. The second-order valence-electron chi connectivity index (χ2n) is 3.49. The molecule has 0 fully saturated rings. The van der Waals surface area contributed by atoms with Crippen LogP contribution in [0.3, 0.4) is 0 Å². The fourth-order valence-electron chi connectivity index (χ4n) is 0.914. The van der Waals surface area contributed by atoms with Gasteiger partial charge in [-0.1, -0.05) is 25.4 Å². The molecule has 1 aromatic rings. The number of nitrogens with two attached hydrogens (primary N) is 1. The summed E-state index contributed by atoms with van der Waals surface area (Å²) in [7, 11) is 0. The average Bonchev–Trinajstić information content (AvgIpc) is 2.16. The van der Waals surface area contributed by atoms with Crippen LogP contribution in [0.4, 0.5) is 5.82 Å². The van der Waals surface area contributed by atoms with Gasteiger partial charge in [0.25, 0.3) is 0 Å². The maximum atomic E-state index is 11.5. The van der Waals surface area contributed by atoms with Gasteiger partial charge in [-0.2, -0.15) is 0 Å². The van der Waals surface area contributed by atoms with Crippen molar-refractivity contribution in [2.24, 2.45) is 11.7 Å². The van der Waals surface area contributed by atoms with Crippen LogP contribution in [-0.4, -0.2) is 21.9 Å². The van der Waals surface area contributed by atoms with Gasteiger partial charge in [0.1, 0.15) is 17.3 Å². The van der Waals surface area contributed by atoms with Gasteiger partial charge in [0.2, 0.25) is 5.91 Å². The van der Waals surface area contributed by atoms with Crippen LogP contribution in [-0.2, 0) is 4.79 Å². The van der Waals surface area contributed by atoms with Crippen LogP contribution in [0.25, 0.3) is 0 Å². The molecule has 6 heteroatoms. The third kappa shape index (κ3) is 3.45. The highest BCUT2D eigenvalue weighted by molar-refractivity contribution is 6.29. The first-order valence-corrected chi connectivity index (χ1v) is 4.92. The van der Waals surface area contributed by atoms with Crippen LogP contribution in [0.15, 0.2) is 12.4 Å². The topological polar surface area (TPSA) is 80.9 Å². The molecule has 0 aromatic carbocycles. The molecule has 1 aromatic heterocycles. The van der Waals surface area contributed by atoms with E-state index in [-0.39, 0.29) is 17.0 Å². The second-order valence-corrected chi connectivity index (χ2v) is 3.87. The van der Waals surface area contributed by atoms with Gasteiger partial charge in [0.05, 0.1) is 6.04 Å². The van der Waals surface area contributed by atoms with Crippen LogP contribution in [0.1, 0.15) is 13.8 Å². The van der Waals surface area contributed by atoms with Crippen LogP contribution >= 0.6 is 11.6 Å². The Morgan fingerprint density at radius 2 is 2.20 bits per heavy atom. The molecule has 0 aliphatic rings. The first-order valence-electron chi connectivity index (χ1n) is 4.54. The summed E-state index contributed by atoms with van der Waals surface area (Å²) in [4.78, 5) is 19.1. The van der Waals surface area contributed by atoms with Crippen LogP contribution in [0.5, 0.6) is 0 Å². The first-order chi connectivity index (χ1) is 7.00. The number of halogens is 1. The zero-order chi connectivity index (χ0) is 11.4. The molecule has 0 bridgehead atoms. The number of nitrogens with one attached hydrogen (secondary N) is 1. The average molecular weight is 229 g/mol. The van der Waals surface area contributed by atoms with E-state index in [4.69, 9.17) is 17.3 Å². The number of hydrogen-bond donors (Lipinski definition) is 2. The number of nitrogens with zero attached hydrogens (tertiary/aromatic N) is 2. The molecule has 5 nitrogen and oxygen atoms in total. The highest BCUT2D eigenvalue weighted by Crippen LogP contribution is 2.09. The van der Waals surface area contributed by atoms with Crippen molar-refractivity contribution in [1.29, 1.82) is 0 Å². The molecule has 0 saturated carbocycles. The lowest BCUT2D eigenvalue weighted by Crippen LogP contribution is -2.39. The summed E-state index contributed by atoms with van der Waals surface area (Å²) in [5.74, 6) is 0.151. The van der Waals surface area contributed by atoms with E-state index in [9.17, 15) is 4.79 Å². The van der Waals surface area contributed by atoms with E-state index in [0.717, 1.165) is 0 Å². The molecule has 1 atom stereocenters. The number of amides is 1. The number of hydrogen-bond acceptors (Lipinski definition) is 4. The normalized spacial score (nSPS) is 12.6. The summed E-state index contributed by atoms with van der Waals surface area (Å²) in [6.07, 6.45) is 1.28. The van der Waals surface area contributed by atoms with Gasteiger partial charge in [-0.15, -0.1) is 0 Å². The standard InChI is InChI=1S/C9H13ClN4O/c1-5(2)8(11)9(15)14-7-3-6(10)12-4-13-7/h3-5,8H,11H2,1-2H3,(H,12,13,14,15)/t8-/m1/s1. The predicted molar refractivity (Wildman–Crippen MR) is 58.5 cm³/mol. The molecule has 0 radical (unpaired) electrons. The number of anilines is 1. The molecule has 0 aliphatic carbocycles. The quantitative estimate of drug-likeness (QED) is 0.758. The first kappa shape index (κ1) is 11.9. The number of aromatic nitrogens is 2. The minimum atomic E-state index is -0.557. The monoisotopic (exact) mass is 228 g/mol. The summed E-state index contributed by atoms with van der Waals surface area (Å²) >= 11 is 5.64. The van der Waals surface area contributed by atoms with E-state index in [1.807, 2.05) is 13.8 Å². The van der Waals surface area contributed by atoms with Crippen molar-refractivity contribution in [3.8, 4) is 0 Å². The van der Waals surface area contributed by atoms with Crippen molar-refractivity contribution < 1.29 is 4.79 Å². The van der Waals surface area contributed by atoms with E-state index in [1.165, 1.54) is 12.4 Å². The maximum absolute atomic E-state index is 11.5. The van der Waals surface area contributed by atoms with Gasteiger partial charge >= 0.3 is 0 Å². The van der Waals surface area contributed by atoms with Crippen molar-refractivity contribution in [3.63, 3.8) is 0 Å². The summed E-state index contributed by atoms with van der Waals surface area (Å²) < 4.78 is 0. The Morgan fingerprint density at radius 1 is 1.53 bits per heavy atom. The highest BCUT2D eigenvalue weighted by Gasteiger charge is 2.17. The largest absolute Gasteiger partial charge is 0.320 e. The maximum Gasteiger partial charge on any atom is 0.242 e. The Kier molecular flexibility index (Phi) is 3.99. The van der Waals surface area contributed by atoms with Gasteiger partial charge in [0, 0.05) is 6.07 Å². The third-order valence-electron chi connectivity index (χ3n) is 1.91.